The molecule has 2 rings (SSSR count). The summed E-state index contributed by atoms with van der Waals surface area (Å²) in [5.74, 6) is -0.202. The summed E-state index contributed by atoms with van der Waals surface area (Å²) in [6.45, 7) is 0.531. The van der Waals surface area contributed by atoms with Crippen molar-refractivity contribution in [1.29, 1.82) is 0 Å². The Morgan fingerprint density at radius 1 is 1.37 bits per heavy atom. The number of benzene rings is 1. The lowest BCUT2D eigenvalue weighted by Crippen LogP contribution is -2.43. The van der Waals surface area contributed by atoms with Crippen molar-refractivity contribution in [1.82, 2.24) is 4.90 Å². The van der Waals surface area contributed by atoms with E-state index in [-0.39, 0.29) is 5.91 Å². The van der Waals surface area contributed by atoms with Gasteiger partial charge in [-0.1, -0.05) is 0 Å². The second-order valence-electron chi connectivity index (χ2n) is 4.55. The van der Waals surface area contributed by atoms with Crippen LogP contribution in [0, 0.1) is 0 Å². The van der Waals surface area contributed by atoms with Gasteiger partial charge in [0.25, 0.3) is 5.91 Å². The third-order valence-corrected chi connectivity index (χ3v) is 3.25. The third kappa shape index (κ3) is 2.62. The highest BCUT2D eigenvalue weighted by Crippen LogP contribution is 2.24. The predicted molar refractivity (Wildman–Crippen MR) is 70.7 cm³/mol. The molecule has 0 bridgehead atoms. The summed E-state index contributed by atoms with van der Waals surface area (Å²) in [6, 6.07) is 4.28. The highest BCUT2D eigenvalue weighted by atomic mass is 16.5. The van der Waals surface area contributed by atoms with Crippen molar-refractivity contribution in [3.05, 3.63) is 23.8 Å². The van der Waals surface area contributed by atoms with Crippen LogP contribution in [0.25, 0.3) is 0 Å². The fourth-order valence-electron chi connectivity index (χ4n) is 2.33. The zero-order chi connectivity index (χ0) is 14.0. The van der Waals surface area contributed by atoms with Crippen molar-refractivity contribution >= 4 is 17.5 Å². The van der Waals surface area contributed by atoms with E-state index in [0.717, 1.165) is 6.42 Å². The van der Waals surface area contributed by atoms with Crippen molar-refractivity contribution in [2.45, 2.75) is 18.9 Å². The van der Waals surface area contributed by atoms with Crippen LogP contribution in [-0.4, -0.2) is 36.4 Å². The first-order valence-corrected chi connectivity index (χ1v) is 6.07. The van der Waals surface area contributed by atoms with Gasteiger partial charge in [0, 0.05) is 23.9 Å². The zero-order valence-electron chi connectivity index (χ0n) is 10.8. The van der Waals surface area contributed by atoms with Crippen molar-refractivity contribution < 1.29 is 14.3 Å². The number of primary amides is 1. The van der Waals surface area contributed by atoms with Gasteiger partial charge in [0.2, 0.25) is 5.91 Å². The quantitative estimate of drug-likeness (QED) is 0.769. The van der Waals surface area contributed by atoms with E-state index in [2.05, 4.69) is 0 Å². The Morgan fingerprint density at radius 3 is 2.74 bits per heavy atom. The molecule has 1 atom stereocenters. The molecule has 0 aliphatic carbocycles. The van der Waals surface area contributed by atoms with Crippen molar-refractivity contribution in [2.24, 2.45) is 5.73 Å². The molecule has 1 aromatic carbocycles. The molecule has 6 heteroatoms. The van der Waals surface area contributed by atoms with Gasteiger partial charge < -0.3 is 21.1 Å². The number of carbonyl (C=O) groups excluding carboxylic acids is 2. The number of ether oxygens (including phenoxy) is 1. The van der Waals surface area contributed by atoms with Crippen LogP contribution in [0.3, 0.4) is 0 Å². The Morgan fingerprint density at radius 2 is 2.11 bits per heavy atom. The largest absolute Gasteiger partial charge is 0.497 e. The molecule has 1 saturated heterocycles. The summed E-state index contributed by atoms with van der Waals surface area (Å²) in [4.78, 5) is 25.2. The first kappa shape index (κ1) is 13.2. The molecule has 1 aromatic rings. The van der Waals surface area contributed by atoms with Crippen LogP contribution in [0.1, 0.15) is 23.2 Å². The van der Waals surface area contributed by atoms with Crippen molar-refractivity contribution in [3.63, 3.8) is 0 Å². The monoisotopic (exact) mass is 263 g/mol. The van der Waals surface area contributed by atoms with E-state index in [0.29, 0.717) is 30.0 Å². The van der Waals surface area contributed by atoms with E-state index < -0.39 is 11.9 Å². The first-order chi connectivity index (χ1) is 9.02. The van der Waals surface area contributed by atoms with Gasteiger partial charge in [-0.3, -0.25) is 9.59 Å². The van der Waals surface area contributed by atoms with Gasteiger partial charge in [-0.25, -0.2) is 0 Å². The van der Waals surface area contributed by atoms with Crippen molar-refractivity contribution in [2.75, 3.05) is 19.4 Å². The van der Waals surface area contributed by atoms with Gasteiger partial charge in [0.15, 0.2) is 0 Å². The van der Waals surface area contributed by atoms with Gasteiger partial charge in [0.1, 0.15) is 11.8 Å². The number of nitrogens with zero attached hydrogens (tertiary/aromatic N) is 1. The molecule has 0 aromatic heterocycles. The molecule has 6 nitrogen and oxygen atoms in total. The molecule has 1 aliphatic heterocycles. The van der Waals surface area contributed by atoms with Crippen LogP contribution in [-0.2, 0) is 4.79 Å². The zero-order valence-corrected chi connectivity index (χ0v) is 10.8. The molecule has 1 fully saturated rings. The Kier molecular flexibility index (Phi) is 3.59. The second kappa shape index (κ2) is 5.17. The van der Waals surface area contributed by atoms with E-state index in [1.807, 2.05) is 0 Å². The van der Waals surface area contributed by atoms with E-state index in [1.54, 1.807) is 18.2 Å². The van der Waals surface area contributed by atoms with Crippen LogP contribution in [0.2, 0.25) is 0 Å². The number of amides is 2. The normalized spacial score (nSPS) is 18.4. The first-order valence-electron chi connectivity index (χ1n) is 6.07. The Balaban J connectivity index is 2.28. The standard InChI is InChI=1S/C13H17N3O3/c1-19-10-6-8(5-9(14)7-10)13(18)16-4-2-3-11(16)12(15)17/h5-7,11H,2-4,14H2,1H3,(H2,15,17). The highest BCUT2D eigenvalue weighted by molar-refractivity contribution is 5.98. The highest BCUT2D eigenvalue weighted by Gasteiger charge is 2.33. The van der Waals surface area contributed by atoms with Crippen LogP contribution >= 0.6 is 0 Å². The van der Waals surface area contributed by atoms with Crippen molar-refractivity contribution in [3.8, 4) is 5.75 Å². The number of rotatable bonds is 3. The Hall–Kier alpha value is -2.24. The summed E-state index contributed by atoms with van der Waals surface area (Å²) < 4.78 is 5.08. The van der Waals surface area contributed by atoms with Crippen LogP contribution in [0.15, 0.2) is 18.2 Å². The van der Waals surface area contributed by atoms with Crippen LogP contribution in [0.4, 0.5) is 5.69 Å². The SMILES string of the molecule is COc1cc(N)cc(C(=O)N2CCCC2C(N)=O)c1. The molecule has 1 heterocycles. The van der Waals surface area contributed by atoms with E-state index in [4.69, 9.17) is 16.2 Å². The number of nitrogen functional groups attached to an aromatic ring is 1. The molecule has 1 unspecified atom stereocenters. The van der Waals surface area contributed by atoms with Gasteiger partial charge in [-0.15, -0.1) is 0 Å². The maximum atomic E-state index is 12.4. The molecule has 0 radical (unpaired) electrons. The lowest BCUT2D eigenvalue weighted by molar-refractivity contribution is -0.121. The lowest BCUT2D eigenvalue weighted by Gasteiger charge is -2.22. The fourth-order valence-corrected chi connectivity index (χ4v) is 2.33. The molecular formula is C13H17N3O3. The topological polar surface area (TPSA) is 98.7 Å². The molecule has 0 saturated carbocycles. The van der Waals surface area contributed by atoms with Gasteiger partial charge >= 0.3 is 0 Å². The number of methoxy groups -OCH3 is 1. The molecule has 1 aliphatic rings. The number of hydrogen-bond donors (Lipinski definition) is 2. The predicted octanol–water partition coefficient (Wildman–Crippen LogP) is 0.367. The number of carbonyl (C=O) groups is 2. The average molecular weight is 263 g/mol. The Labute approximate surface area is 111 Å². The Bertz CT molecular complexity index is 516. The molecule has 19 heavy (non-hydrogen) atoms. The summed E-state index contributed by atoms with van der Waals surface area (Å²) in [6.07, 6.45) is 1.39. The minimum atomic E-state index is -0.528. The van der Waals surface area contributed by atoms with Crippen LogP contribution in [0.5, 0.6) is 5.75 Å². The molecule has 2 amide bonds. The molecule has 0 spiro atoms. The summed E-state index contributed by atoms with van der Waals surface area (Å²) in [5, 5.41) is 0. The smallest absolute Gasteiger partial charge is 0.254 e. The number of anilines is 1. The molecule has 102 valence electrons. The minimum absolute atomic E-state index is 0.244. The fraction of sp³-hybridized carbons (Fsp3) is 0.385. The van der Waals surface area contributed by atoms with E-state index in [1.165, 1.54) is 12.0 Å². The average Bonchev–Trinajstić information content (AvgIpc) is 2.86. The summed E-state index contributed by atoms with van der Waals surface area (Å²) in [5.41, 5.74) is 11.9. The summed E-state index contributed by atoms with van der Waals surface area (Å²) >= 11 is 0. The van der Waals surface area contributed by atoms with Gasteiger partial charge in [-0.05, 0) is 25.0 Å². The maximum absolute atomic E-state index is 12.4. The number of hydrogen-bond acceptors (Lipinski definition) is 4. The second-order valence-corrected chi connectivity index (χ2v) is 4.55. The van der Waals surface area contributed by atoms with E-state index >= 15 is 0 Å². The number of likely N-dealkylation sites (tertiary alicyclic amines) is 1. The maximum Gasteiger partial charge on any atom is 0.254 e. The molecule has 4 N–H and O–H groups in total. The number of nitrogens with two attached hydrogens (primary N) is 2. The van der Waals surface area contributed by atoms with Gasteiger partial charge in [0.05, 0.1) is 7.11 Å². The van der Waals surface area contributed by atoms with E-state index in [9.17, 15) is 9.59 Å². The third-order valence-electron chi connectivity index (χ3n) is 3.25. The lowest BCUT2D eigenvalue weighted by atomic mass is 10.1. The summed E-state index contributed by atoms with van der Waals surface area (Å²) in [7, 11) is 1.51. The minimum Gasteiger partial charge on any atom is -0.497 e. The van der Waals surface area contributed by atoms with Gasteiger partial charge in [-0.2, -0.15) is 0 Å². The molecular weight excluding hydrogens is 246 g/mol. The van der Waals surface area contributed by atoms with Crippen LogP contribution < -0.4 is 16.2 Å².